The minimum Gasteiger partial charge on any atom is -0.399 e. The van der Waals surface area contributed by atoms with Crippen molar-refractivity contribution >= 4 is 54.9 Å². The molecule has 1 fully saturated rings. The Kier molecular flexibility index (Phi) is 4.32. The van der Waals surface area contributed by atoms with Gasteiger partial charge >= 0.3 is 7.12 Å². The standard InChI is InChI=1S/C28H25BO2S/c1-27(2)28(3,4)31-29(30-27)24-13-8-11-20-19(10-7-12-21(20)24)18-15-16-26-23(17-18)22-9-5-6-14-25(22)32-26/h5-17H,1-4H3. The zero-order valence-electron chi connectivity index (χ0n) is 18.8. The lowest BCUT2D eigenvalue weighted by molar-refractivity contribution is 0.00578. The summed E-state index contributed by atoms with van der Waals surface area (Å²) in [7, 11) is -0.373. The van der Waals surface area contributed by atoms with Crippen LogP contribution < -0.4 is 5.46 Å². The molecular formula is C28H25BO2S. The van der Waals surface area contributed by atoms with Crippen LogP contribution in [-0.4, -0.2) is 18.3 Å². The average Bonchev–Trinajstić information content (AvgIpc) is 3.25. The molecular weight excluding hydrogens is 411 g/mol. The first-order valence-electron chi connectivity index (χ1n) is 11.1. The van der Waals surface area contributed by atoms with Crippen LogP contribution >= 0.6 is 11.3 Å². The van der Waals surface area contributed by atoms with E-state index >= 15 is 0 Å². The zero-order valence-corrected chi connectivity index (χ0v) is 19.6. The third kappa shape index (κ3) is 2.94. The van der Waals surface area contributed by atoms with E-state index in [0.717, 1.165) is 5.46 Å². The van der Waals surface area contributed by atoms with Crippen molar-refractivity contribution in [2.45, 2.75) is 38.9 Å². The zero-order chi connectivity index (χ0) is 22.1. The summed E-state index contributed by atoms with van der Waals surface area (Å²) in [4.78, 5) is 0. The lowest BCUT2D eigenvalue weighted by Gasteiger charge is -2.32. The minimum atomic E-state index is -0.373. The maximum Gasteiger partial charge on any atom is 0.495 e. The topological polar surface area (TPSA) is 18.5 Å². The minimum absolute atomic E-state index is 0.359. The summed E-state index contributed by atoms with van der Waals surface area (Å²) in [5.41, 5.74) is 2.84. The second-order valence-corrected chi connectivity index (χ2v) is 10.7. The lowest BCUT2D eigenvalue weighted by Crippen LogP contribution is -2.41. The fourth-order valence-electron chi connectivity index (χ4n) is 4.66. The van der Waals surface area contributed by atoms with Crippen LogP contribution in [0.4, 0.5) is 0 Å². The molecule has 2 nitrogen and oxygen atoms in total. The van der Waals surface area contributed by atoms with Crippen LogP contribution in [0.5, 0.6) is 0 Å². The third-order valence-corrected chi connectivity index (χ3v) is 8.30. The van der Waals surface area contributed by atoms with Gasteiger partial charge in [0, 0.05) is 20.2 Å². The summed E-state index contributed by atoms with van der Waals surface area (Å²) in [5, 5.41) is 5.05. The molecule has 0 bridgehead atoms. The first kappa shape index (κ1) is 20.0. The van der Waals surface area contributed by atoms with Crippen LogP contribution in [0.1, 0.15) is 27.7 Å². The molecule has 6 rings (SSSR count). The van der Waals surface area contributed by atoms with Crippen LogP contribution in [0.3, 0.4) is 0 Å². The molecule has 0 atom stereocenters. The van der Waals surface area contributed by atoms with Crippen LogP contribution in [0.25, 0.3) is 42.1 Å². The third-order valence-electron chi connectivity index (χ3n) is 7.15. The van der Waals surface area contributed by atoms with Gasteiger partial charge in [-0.1, -0.05) is 60.7 Å². The molecule has 0 unspecified atom stereocenters. The van der Waals surface area contributed by atoms with Gasteiger partial charge in [0.05, 0.1) is 11.2 Å². The summed E-state index contributed by atoms with van der Waals surface area (Å²) in [5.74, 6) is 0. The SMILES string of the molecule is CC1(C)OB(c2cccc3c(-c4ccc5sc6ccccc6c5c4)cccc23)OC1(C)C. The summed E-state index contributed by atoms with van der Waals surface area (Å²) in [6.07, 6.45) is 0. The molecule has 5 aromatic rings. The van der Waals surface area contributed by atoms with Crippen LogP contribution in [0, 0.1) is 0 Å². The lowest BCUT2D eigenvalue weighted by atomic mass is 9.75. The second-order valence-electron chi connectivity index (χ2n) is 9.65. The van der Waals surface area contributed by atoms with Gasteiger partial charge in [0.15, 0.2) is 0 Å². The molecule has 158 valence electrons. The Morgan fingerprint density at radius 2 is 1.28 bits per heavy atom. The van der Waals surface area contributed by atoms with Crippen LogP contribution in [0.15, 0.2) is 78.9 Å². The van der Waals surface area contributed by atoms with Crippen molar-refractivity contribution in [3.8, 4) is 11.1 Å². The molecule has 0 spiro atoms. The van der Waals surface area contributed by atoms with E-state index in [0.29, 0.717) is 0 Å². The molecule has 4 heteroatoms. The molecule has 1 saturated heterocycles. The molecule has 0 N–H and O–H groups in total. The Morgan fingerprint density at radius 3 is 2.09 bits per heavy atom. The largest absolute Gasteiger partial charge is 0.495 e. The second kappa shape index (κ2) is 6.92. The summed E-state index contributed by atoms with van der Waals surface area (Å²) in [6.45, 7) is 8.40. The highest BCUT2D eigenvalue weighted by atomic mass is 32.1. The van der Waals surface area contributed by atoms with Crippen molar-refractivity contribution in [3.63, 3.8) is 0 Å². The fraction of sp³-hybridized carbons (Fsp3) is 0.214. The van der Waals surface area contributed by atoms with Gasteiger partial charge in [-0.15, -0.1) is 11.3 Å². The predicted molar refractivity (Wildman–Crippen MR) is 138 cm³/mol. The number of rotatable bonds is 2. The Balaban J connectivity index is 1.51. The Hall–Kier alpha value is -2.66. The van der Waals surface area contributed by atoms with E-state index in [1.807, 2.05) is 11.3 Å². The predicted octanol–water partition coefficient (Wildman–Crippen LogP) is 7.17. The molecule has 4 aromatic carbocycles. The van der Waals surface area contributed by atoms with E-state index < -0.39 is 0 Å². The van der Waals surface area contributed by atoms with Gasteiger partial charge < -0.3 is 9.31 Å². The van der Waals surface area contributed by atoms with E-state index in [9.17, 15) is 0 Å². The summed E-state index contributed by atoms with van der Waals surface area (Å²) in [6, 6.07) is 28.5. The Labute approximate surface area is 192 Å². The van der Waals surface area contributed by atoms with Crippen molar-refractivity contribution in [1.29, 1.82) is 0 Å². The highest BCUT2D eigenvalue weighted by Gasteiger charge is 2.52. The van der Waals surface area contributed by atoms with Gasteiger partial charge in [0.2, 0.25) is 0 Å². The van der Waals surface area contributed by atoms with Crippen molar-refractivity contribution in [2.24, 2.45) is 0 Å². The van der Waals surface area contributed by atoms with Gasteiger partial charge in [-0.3, -0.25) is 0 Å². The molecule has 0 saturated carbocycles. The van der Waals surface area contributed by atoms with Crippen molar-refractivity contribution < 1.29 is 9.31 Å². The van der Waals surface area contributed by atoms with E-state index in [1.165, 1.54) is 42.1 Å². The molecule has 0 aliphatic carbocycles. The number of fused-ring (bicyclic) bond motifs is 4. The summed E-state index contributed by atoms with van der Waals surface area (Å²) >= 11 is 1.85. The molecule has 2 heterocycles. The number of hydrogen-bond donors (Lipinski definition) is 0. The van der Waals surface area contributed by atoms with Crippen LogP contribution in [-0.2, 0) is 9.31 Å². The highest BCUT2D eigenvalue weighted by Crippen LogP contribution is 2.39. The normalized spacial score (nSPS) is 17.6. The van der Waals surface area contributed by atoms with E-state index in [2.05, 4.69) is 107 Å². The first-order valence-corrected chi connectivity index (χ1v) is 11.9. The molecule has 0 amide bonds. The smallest absolute Gasteiger partial charge is 0.399 e. The van der Waals surface area contributed by atoms with Crippen molar-refractivity contribution in [1.82, 2.24) is 0 Å². The number of thiophene rings is 1. The van der Waals surface area contributed by atoms with Crippen molar-refractivity contribution in [3.05, 3.63) is 78.9 Å². The van der Waals surface area contributed by atoms with Gasteiger partial charge in [-0.2, -0.15) is 0 Å². The van der Waals surface area contributed by atoms with E-state index in [4.69, 9.17) is 9.31 Å². The van der Waals surface area contributed by atoms with Gasteiger partial charge in [0.1, 0.15) is 0 Å². The molecule has 32 heavy (non-hydrogen) atoms. The first-order chi connectivity index (χ1) is 15.3. The number of benzene rings is 4. The highest BCUT2D eigenvalue weighted by molar-refractivity contribution is 7.25. The van der Waals surface area contributed by atoms with Gasteiger partial charge in [-0.25, -0.2) is 0 Å². The van der Waals surface area contributed by atoms with Gasteiger partial charge in [0.25, 0.3) is 0 Å². The monoisotopic (exact) mass is 436 g/mol. The maximum absolute atomic E-state index is 6.38. The van der Waals surface area contributed by atoms with Crippen molar-refractivity contribution in [2.75, 3.05) is 0 Å². The maximum atomic E-state index is 6.38. The summed E-state index contributed by atoms with van der Waals surface area (Å²) < 4.78 is 15.4. The Bertz CT molecular complexity index is 1480. The van der Waals surface area contributed by atoms with E-state index in [1.54, 1.807) is 0 Å². The van der Waals surface area contributed by atoms with Crippen LogP contribution in [0.2, 0.25) is 0 Å². The molecule has 1 aromatic heterocycles. The molecule has 1 aliphatic heterocycles. The molecule has 1 aliphatic rings. The Morgan fingerprint density at radius 1 is 0.625 bits per heavy atom. The van der Waals surface area contributed by atoms with E-state index in [-0.39, 0.29) is 18.3 Å². The quantitative estimate of drug-likeness (QED) is 0.273. The van der Waals surface area contributed by atoms with Gasteiger partial charge in [-0.05, 0) is 73.3 Å². The fourth-order valence-corrected chi connectivity index (χ4v) is 5.74. The average molecular weight is 436 g/mol. The number of hydrogen-bond acceptors (Lipinski definition) is 3. The molecule has 0 radical (unpaired) electrons.